The average molecular weight is 292 g/mol. The number of nitrogens with one attached hydrogen (secondary N) is 2. The first-order chi connectivity index (χ1) is 10.0. The molecular weight excluding hydrogens is 276 g/mol. The van der Waals surface area contributed by atoms with Crippen LogP contribution in [0.3, 0.4) is 0 Å². The number of carbonyl (C=O) groups excluding carboxylic acids is 3. The van der Waals surface area contributed by atoms with Gasteiger partial charge in [-0.2, -0.15) is 0 Å². The van der Waals surface area contributed by atoms with E-state index in [1.165, 1.54) is 6.92 Å². The summed E-state index contributed by atoms with van der Waals surface area (Å²) in [7, 11) is 0. The molecule has 0 aliphatic carbocycles. The molecule has 21 heavy (non-hydrogen) atoms. The van der Waals surface area contributed by atoms with E-state index in [9.17, 15) is 14.4 Å². The highest BCUT2D eigenvalue weighted by Crippen LogP contribution is 2.29. The van der Waals surface area contributed by atoms with Crippen LogP contribution in [0.15, 0.2) is 18.2 Å². The van der Waals surface area contributed by atoms with Crippen molar-refractivity contribution >= 4 is 17.7 Å². The molecule has 0 saturated carbocycles. The van der Waals surface area contributed by atoms with Gasteiger partial charge >= 0.3 is 6.03 Å². The van der Waals surface area contributed by atoms with Crippen molar-refractivity contribution in [2.24, 2.45) is 0 Å². The number of hydrogen-bond donors (Lipinski definition) is 2. The molecule has 1 unspecified atom stereocenters. The number of benzene rings is 1. The Balaban J connectivity index is 1.97. The maximum atomic E-state index is 11.7. The normalized spacial score (nSPS) is 13.9. The van der Waals surface area contributed by atoms with E-state index in [0.29, 0.717) is 23.6 Å². The monoisotopic (exact) mass is 292 g/mol. The zero-order valence-corrected chi connectivity index (χ0v) is 11.8. The van der Waals surface area contributed by atoms with Crippen molar-refractivity contribution in [3.05, 3.63) is 23.8 Å². The third-order valence-electron chi connectivity index (χ3n) is 2.87. The van der Waals surface area contributed by atoms with Crippen molar-refractivity contribution in [1.82, 2.24) is 10.6 Å². The number of hydrogen-bond acceptors (Lipinski definition) is 5. The molecule has 1 aliphatic heterocycles. The van der Waals surface area contributed by atoms with Crippen molar-refractivity contribution in [3.63, 3.8) is 0 Å². The Labute approximate surface area is 121 Å². The molecule has 1 aromatic rings. The maximum absolute atomic E-state index is 11.7. The first-order valence-corrected chi connectivity index (χ1v) is 6.56. The Morgan fingerprint density at radius 1 is 1.43 bits per heavy atom. The van der Waals surface area contributed by atoms with E-state index in [1.807, 2.05) is 0 Å². The van der Waals surface area contributed by atoms with Gasteiger partial charge in [0.05, 0.1) is 5.56 Å². The zero-order valence-electron chi connectivity index (χ0n) is 11.8. The van der Waals surface area contributed by atoms with Gasteiger partial charge in [-0.25, -0.2) is 4.79 Å². The largest absolute Gasteiger partial charge is 0.485 e. The lowest BCUT2D eigenvalue weighted by Crippen LogP contribution is -2.45. The van der Waals surface area contributed by atoms with E-state index in [-0.39, 0.29) is 12.4 Å². The number of ketones is 1. The Bertz CT molecular complexity index is 585. The minimum Gasteiger partial charge on any atom is -0.485 e. The lowest BCUT2D eigenvalue weighted by Gasteiger charge is -2.14. The molecule has 112 valence electrons. The highest BCUT2D eigenvalue weighted by atomic mass is 16.5. The maximum Gasteiger partial charge on any atom is 0.321 e. The number of fused-ring (bicyclic) bond motifs is 1. The molecule has 1 aliphatic rings. The molecule has 7 heteroatoms. The Morgan fingerprint density at radius 2 is 2.19 bits per heavy atom. The molecule has 0 radical (unpaired) electrons. The highest BCUT2D eigenvalue weighted by molar-refractivity contribution is 6.02. The number of urea groups is 1. The molecule has 2 rings (SSSR count). The van der Waals surface area contributed by atoms with Gasteiger partial charge in [0.2, 0.25) is 5.78 Å². The molecule has 0 bridgehead atoms. The lowest BCUT2D eigenvalue weighted by molar-refractivity contribution is -0.126. The Hall–Kier alpha value is -2.57. The summed E-state index contributed by atoms with van der Waals surface area (Å²) in [5.74, 6) is 0.188. The van der Waals surface area contributed by atoms with Crippen LogP contribution in [-0.4, -0.2) is 37.0 Å². The molecule has 2 N–H and O–H groups in total. The fourth-order valence-corrected chi connectivity index (χ4v) is 1.82. The lowest BCUT2D eigenvalue weighted by atomic mass is 10.1. The fraction of sp³-hybridized carbons (Fsp3) is 0.357. The minimum absolute atomic E-state index is 0.0199. The Kier molecular flexibility index (Phi) is 4.42. The summed E-state index contributed by atoms with van der Waals surface area (Å²) >= 11 is 0. The number of rotatable bonds is 4. The van der Waals surface area contributed by atoms with Crippen LogP contribution < -0.4 is 20.1 Å². The smallest absolute Gasteiger partial charge is 0.321 e. The van der Waals surface area contributed by atoms with Gasteiger partial charge in [-0.3, -0.25) is 14.9 Å². The third kappa shape index (κ3) is 3.50. The van der Waals surface area contributed by atoms with Crippen molar-refractivity contribution < 1.29 is 23.9 Å². The number of Topliss-reactive ketones (excluding diaryl/α,β-unsaturated/α-hetero) is 1. The standard InChI is InChI=1S/C14H16N2O5/c1-3-15-14(19)16-13(18)8(2)21-9-4-5-10-11(17)7-20-12(10)6-9/h4-6,8H,3,7H2,1-2H3,(H2,15,16,18,19). The van der Waals surface area contributed by atoms with E-state index < -0.39 is 18.0 Å². The van der Waals surface area contributed by atoms with Crippen LogP contribution in [0.4, 0.5) is 4.79 Å². The van der Waals surface area contributed by atoms with E-state index in [4.69, 9.17) is 9.47 Å². The van der Waals surface area contributed by atoms with Gasteiger partial charge in [-0.05, 0) is 26.0 Å². The topological polar surface area (TPSA) is 93.7 Å². The van der Waals surface area contributed by atoms with Gasteiger partial charge in [-0.1, -0.05) is 0 Å². The van der Waals surface area contributed by atoms with Crippen LogP contribution in [0.2, 0.25) is 0 Å². The molecule has 1 heterocycles. The summed E-state index contributed by atoms with van der Waals surface area (Å²) in [5, 5.41) is 4.61. The quantitative estimate of drug-likeness (QED) is 0.859. The van der Waals surface area contributed by atoms with Crippen LogP contribution in [0.1, 0.15) is 24.2 Å². The summed E-state index contributed by atoms with van der Waals surface area (Å²) in [4.78, 5) is 34.4. The van der Waals surface area contributed by atoms with Gasteiger partial charge in [-0.15, -0.1) is 0 Å². The van der Waals surface area contributed by atoms with Crippen LogP contribution in [0, 0.1) is 0 Å². The predicted octanol–water partition coefficient (Wildman–Crippen LogP) is 0.875. The second-order valence-electron chi connectivity index (χ2n) is 4.48. The second-order valence-corrected chi connectivity index (χ2v) is 4.48. The van der Waals surface area contributed by atoms with Crippen LogP contribution in [0.5, 0.6) is 11.5 Å². The summed E-state index contributed by atoms with van der Waals surface area (Å²) in [6.45, 7) is 3.71. The minimum atomic E-state index is -0.859. The molecule has 7 nitrogen and oxygen atoms in total. The van der Waals surface area contributed by atoms with E-state index in [2.05, 4.69) is 10.6 Å². The SMILES string of the molecule is CCNC(=O)NC(=O)C(C)Oc1ccc2c(c1)OCC2=O. The first-order valence-electron chi connectivity index (χ1n) is 6.56. The van der Waals surface area contributed by atoms with Gasteiger partial charge in [0.15, 0.2) is 12.7 Å². The van der Waals surface area contributed by atoms with E-state index in [0.717, 1.165) is 0 Å². The zero-order chi connectivity index (χ0) is 15.4. The number of carbonyl (C=O) groups is 3. The molecule has 0 aromatic heterocycles. The van der Waals surface area contributed by atoms with Crippen LogP contribution in [0.25, 0.3) is 0 Å². The molecular formula is C14H16N2O5. The van der Waals surface area contributed by atoms with Crippen LogP contribution in [-0.2, 0) is 4.79 Å². The van der Waals surface area contributed by atoms with Crippen LogP contribution >= 0.6 is 0 Å². The van der Waals surface area contributed by atoms with Gasteiger partial charge in [0.1, 0.15) is 11.5 Å². The average Bonchev–Trinajstić information content (AvgIpc) is 2.80. The molecule has 1 aromatic carbocycles. The van der Waals surface area contributed by atoms with Gasteiger partial charge in [0, 0.05) is 12.6 Å². The van der Waals surface area contributed by atoms with E-state index >= 15 is 0 Å². The first kappa shape index (κ1) is 14.8. The second kappa shape index (κ2) is 6.25. The molecule has 0 fully saturated rings. The number of imide groups is 1. The third-order valence-corrected chi connectivity index (χ3v) is 2.87. The Morgan fingerprint density at radius 3 is 2.90 bits per heavy atom. The number of amides is 3. The van der Waals surface area contributed by atoms with Gasteiger partial charge < -0.3 is 14.8 Å². The van der Waals surface area contributed by atoms with Gasteiger partial charge in [0.25, 0.3) is 5.91 Å². The summed E-state index contributed by atoms with van der Waals surface area (Å²) in [6.07, 6.45) is -0.859. The number of ether oxygens (including phenoxy) is 2. The highest BCUT2D eigenvalue weighted by Gasteiger charge is 2.23. The summed E-state index contributed by atoms with van der Waals surface area (Å²) in [5.41, 5.74) is 0.502. The molecule has 0 saturated heterocycles. The molecule has 3 amide bonds. The van der Waals surface area contributed by atoms with Crippen molar-refractivity contribution in [3.8, 4) is 11.5 Å². The van der Waals surface area contributed by atoms with Crippen molar-refractivity contribution in [2.75, 3.05) is 13.2 Å². The predicted molar refractivity (Wildman–Crippen MR) is 73.6 cm³/mol. The van der Waals surface area contributed by atoms with Crippen molar-refractivity contribution in [2.45, 2.75) is 20.0 Å². The summed E-state index contributed by atoms with van der Waals surface area (Å²) < 4.78 is 10.6. The fourth-order valence-electron chi connectivity index (χ4n) is 1.82. The van der Waals surface area contributed by atoms with E-state index in [1.54, 1.807) is 25.1 Å². The summed E-state index contributed by atoms with van der Waals surface area (Å²) in [6, 6.07) is 4.16. The molecule has 0 spiro atoms. The van der Waals surface area contributed by atoms with Crippen molar-refractivity contribution in [1.29, 1.82) is 0 Å². The molecule has 1 atom stereocenters.